The van der Waals surface area contributed by atoms with Crippen molar-refractivity contribution in [3.8, 4) is 18.1 Å². The molecule has 2 unspecified atom stereocenters. The van der Waals surface area contributed by atoms with Crippen molar-refractivity contribution in [2.75, 3.05) is 13.7 Å². The molecule has 1 aliphatic heterocycles. The van der Waals surface area contributed by atoms with E-state index in [1.807, 2.05) is 13.8 Å². The molecular formula is C19H22N2O5. The third-order valence-corrected chi connectivity index (χ3v) is 4.11. The molecule has 0 aromatic heterocycles. The number of amides is 3. The molecule has 0 radical (unpaired) electrons. The number of esters is 1. The fourth-order valence-electron chi connectivity index (χ4n) is 2.82. The molecule has 1 aliphatic rings. The van der Waals surface area contributed by atoms with E-state index in [1.165, 1.54) is 0 Å². The highest BCUT2D eigenvalue weighted by molar-refractivity contribution is 6.02. The van der Waals surface area contributed by atoms with Gasteiger partial charge in [0, 0.05) is 0 Å². The monoisotopic (exact) mass is 358 g/mol. The Balaban J connectivity index is 2.22. The molecular weight excluding hydrogens is 336 g/mol. The summed E-state index contributed by atoms with van der Waals surface area (Å²) in [5.74, 6) is 1.37. The molecule has 2 rings (SSSR count). The predicted octanol–water partition coefficient (Wildman–Crippen LogP) is 1.88. The van der Waals surface area contributed by atoms with Gasteiger partial charge in [-0.2, -0.15) is 0 Å². The summed E-state index contributed by atoms with van der Waals surface area (Å²) in [6.07, 6.45) is 4.12. The number of hydrogen-bond acceptors (Lipinski definition) is 5. The molecule has 7 nitrogen and oxygen atoms in total. The Morgan fingerprint density at radius 3 is 2.42 bits per heavy atom. The number of benzene rings is 1. The van der Waals surface area contributed by atoms with Gasteiger partial charge in [-0.25, -0.2) is 9.69 Å². The van der Waals surface area contributed by atoms with Crippen LogP contribution in [0.2, 0.25) is 0 Å². The lowest BCUT2D eigenvalue weighted by Gasteiger charge is -2.27. The zero-order valence-corrected chi connectivity index (χ0v) is 15.0. The molecule has 3 amide bonds. The molecule has 0 bridgehead atoms. The van der Waals surface area contributed by atoms with Gasteiger partial charge in [0.05, 0.1) is 26.0 Å². The van der Waals surface area contributed by atoms with Crippen molar-refractivity contribution in [2.45, 2.75) is 32.4 Å². The third kappa shape index (κ3) is 4.14. The van der Waals surface area contributed by atoms with Crippen LogP contribution in [-0.4, -0.2) is 42.7 Å². The van der Waals surface area contributed by atoms with Gasteiger partial charge in [-0.15, -0.1) is 12.3 Å². The third-order valence-electron chi connectivity index (χ3n) is 4.11. The number of imide groups is 1. The van der Waals surface area contributed by atoms with Gasteiger partial charge < -0.3 is 14.8 Å². The highest BCUT2D eigenvalue weighted by Gasteiger charge is 2.38. The van der Waals surface area contributed by atoms with E-state index in [-0.39, 0.29) is 18.9 Å². The first-order valence-electron chi connectivity index (χ1n) is 8.26. The van der Waals surface area contributed by atoms with E-state index in [9.17, 15) is 14.4 Å². The van der Waals surface area contributed by atoms with Crippen LogP contribution in [0.25, 0.3) is 0 Å². The molecule has 7 heteroatoms. The molecule has 2 atom stereocenters. The summed E-state index contributed by atoms with van der Waals surface area (Å²) < 4.78 is 10.6. The van der Waals surface area contributed by atoms with Crippen LogP contribution in [0.3, 0.4) is 0 Å². The van der Waals surface area contributed by atoms with Crippen molar-refractivity contribution >= 4 is 17.9 Å². The Labute approximate surface area is 152 Å². The summed E-state index contributed by atoms with van der Waals surface area (Å²) in [5.41, 5.74) is 0.752. The summed E-state index contributed by atoms with van der Waals surface area (Å²) in [4.78, 5) is 37.4. The SMILES string of the molecule is C#CCC(OC(=O)C(c1ccc(OC)cc1)C(C)C)N1C(=O)CNC1=O. The Bertz CT molecular complexity index is 704. The first-order chi connectivity index (χ1) is 12.4. The van der Waals surface area contributed by atoms with Gasteiger partial charge in [-0.1, -0.05) is 26.0 Å². The van der Waals surface area contributed by atoms with Crippen LogP contribution in [-0.2, 0) is 14.3 Å². The Hall–Kier alpha value is -3.01. The highest BCUT2D eigenvalue weighted by Crippen LogP contribution is 2.28. The predicted molar refractivity (Wildman–Crippen MR) is 94.1 cm³/mol. The van der Waals surface area contributed by atoms with Crippen LogP contribution in [0.1, 0.15) is 31.7 Å². The van der Waals surface area contributed by atoms with Gasteiger partial charge in [0.1, 0.15) is 5.75 Å². The number of carbonyl (C=O) groups is 3. The number of urea groups is 1. The Morgan fingerprint density at radius 1 is 1.31 bits per heavy atom. The van der Waals surface area contributed by atoms with E-state index < -0.39 is 30.1 Å². The minimum absolute atomic E-state index is 0.0644. The van der Waals surface area contributed by atoms with Crippen molar-refractivity contribution < 1.29 is 23.9 Å². The average Bonchev–Trinajstić information content (AvgIpc) is 2.93. The summed E-state index contributed by atoms with van der Waals surface area (Å²) in [7, 11) is 1.56. The van der Waals surface area contributed by atoms with E-state index in [1.54, 1.807) is 31.4 Å². The second-order valence-electron chi connectivity index (χ2n) is 6.22. The van der Waals surface area contributed by atoms with Gasteiger partial charge in [0.25, 0.3) is 5.91 Å². The molecule has 0 spiro atoms. The number of nitrogens with zero attached hydrogens (tertiary/aromatic N) is 1. The Morgan fingerprint density at radius 2 is 1.96 bits per heavy atom. The largest absolute Gasteiger partial charge is 0.497 e. The topological polar surface area (TPSA) is 84.9 Å². The minimum Gasteiger partial charge on any atom is -0.497 e. The molecule has 138 valence electrons. The molecule has 1 aromatic carbocycles. The number of hydrogen-bond donors (Lipinski definition) is 1. The summed E-state index contributed by atoms with van der Waals surface area (Å²) in [5, 5.41) is 2.39. The molecule has 0 saturated carbocycles. The second kappa shape index (κ2) is 8.39. The number of methoxy groups -OCH3 is 1. The van der Waals surface area contributed by atoms with Crippen LogP contribution >= 0.6 is 0 Å². The molecule has 1 fully saturated rings. The summed E-state index contributed by atoms with van der Waals surface area (Å²) >= 11 is 0. The van der Waals surface area contributed by atoms with Crippen LogP contribution in [0.5, 0.6) is 5.75 Å². The van der Waals surface area contributed by atoms with Gasteiger partial charge in [-0.3, -0.25) is 9.59 Å². The normalized spacial score (nSPS) is 16.0. The molecule has 1 heterocycles. The number of carbonyl (C=O) groups excluding carboxylic acids is 3. The molecule has 26 heavy (non-hydrogen) atoms. The van der Waals surface area contributed by atoms with E-state index in [0.717, 1.165) is 10.5 Å². The number of terminal acetylenes is 1. The first kappa shape index (κ1) is 19.3. The number of ether oxygens (including phenoxy) is 2. The highest BCUT2D eigenvalue weighted by atomic mass is 16.6. The molecule has 1 saturated heterocycles. The standard InChI is InChI=1S/C19H22N2O5/c1-5-6-16(21-15(22)11-20-19(21)24)26-18(23)17(12(2)3)13-7-9-14(25-4)10-8-13/h1,7-10,12,16-17H,6,11H2,2-4H3,(H,20,24). The lowest BCUT2D eigenvalue weighted by Crippen LogP contribution is -2.44. The van der Waals surface area contributed by atoms with Gasteiger partial charge in [0.2, 0.25) is 0 Å². The van der Waals surface area contributed by atoms with Crippen molar-refractivity contribution in [1.82, 2.24) is 10.2 Å². The second-order valence-corrected chi connectivity index (χ2v) is 6.22. The lowest BCUT2D eigenvalue weighted by molar-refractivity contribution is -0.161. The zero-order chi connectivity index (χ0) is 19.3. The smallest absolute Gasteiger partial charge is 0.327 e. The molecule has 1 N–H and O–H groups in total. The summed E-state index contributed by atoms with van der Waals surface area (Å²) in [6, 6.07) is 6.47. The maximum Gasteiger partial charge on any atom is 0.327 e. The van der Waals surface area contributed by atoms with Crippen molar-refractivity contribution in [3.63, 3.8) is 0 Å². The molecule has 0 aliphatic carbocycles. The quantitative estimate of drug-likeness (QED) is 0.457. The van der Waals surface area contributed by atoms with Gasteiger partial charge in [-0.05, 0) is 23.6 Å². The average molecular weight is 358 g/mol. The maximum absolute atomic E-state index is 12.8. The maximum atomic E-state index is 12.8. The van der Waals surface area contributed by atoms with Crippen molar-refractivity contribution in [3.05, 3.63) is 29.8 Å². The lowest BCUT2D eigenvalue weighted by atomic mass is 9.88. The van der Waals surface area contributed by atoms with E-state index >= 15 is 0 Å². The molecule has 1 aromatic rings. The van der Waals surface area contributed by atoms with Crippen LogP contribution in [0.15, 0.2) is 24.3 Å². The van der Waals surface area contributed by atoms with Crippen molar-refractivity contribution in [1.29, 1.82) is 0 Å². The van der Waals surface area contributed by atoms with Gasteiger partial charge >= 0.3 is 12.0 Å². The first-order valence-corrected chi connectivity index (χ1v) is 8.26. The summed E-state index contributed by atoms with van der Waals surface area (Å²) in [6.45, 7) is 3.64. The number of rotatable bonds is 7. The van der Waals surface area contributed by atoms with Crippen LogP contribution < -0.4 is 10.1 Å². The minimum atomic E-state index is -1.12. The van der Waals surface area contributed by atoms with E-state index in [0.29, 0.717) is 5.75 Å². The van der Waals surface area contributed by atoms with Crippen LogP contribution in [0, 0.1) is 18.3 Å². The van der Waals surface area contributed by atoms with Crippen LogP contribution in [0.4, 0.5) is 4.79 Å². The number of nitrogens with one attached hydrogen (secondary N) is 1. The van der Waals surface area contributed by atoms with Gasteiger partial charge in [0.15, 0.2) is 6.23 Å². The van der Waals surface area contributed by atoms with E-state index in [4.69, 9.17) is 15.9 Å². The van der Waals surface area contributed by atoms with Crippen molar-refractivity contribution in [2.24, 2.45) is 5.92 Å². The fourth-order valence-corrected chi connectivity index (χ4v) is 2.82. The zero-order valence-electron chi connectivity index (χ0n) is 15.0. The van der Waals surface area contributed by atoms with E-state index in [2.05, 4.69) is 11.2 Å². The fraction of sp³-hybridized carbons (Fsp3) is 0.421. The Kier molecular flexibility index (Phi) is 6.23.